The first-order valence-corrected chi connectivity index (χ1v) is 11.4. The summed E-state index contributed by atoms with van der Waals surface area (Å²) in [5.74, 6) is -28.5. The van der Waals surface area contributed by atoms with Gasteiger partial charge in [0.1, 0.15) is 29.3 Å². The van der Waals surface area contributed by atoms with E-state index in [4.69, 9.17) is 23.7 Å². The fourth-order valence-electron chi connectivity index (χ4n) is 4.22. The van der Waals surface area contributed by atoms with Gasteiger partial charge in [0.05, 0.1) is 29.8 Å². The lowest BCUT2D eigenvalue weighted by Crippen LogP contribution is -2.06. The van der Waals surface area contributed by atoms with Crippen LogP contribution in [0.4, 0.5) is 58.4 Å². The fourth-order valence-corrected chi connectivity index (χ4v) is 4.22. The first-order valence-electron chi connectivity index (χ1n) is 11.4. The van der Waals surface area contributed by atoms with Crippen LogP contribution in [-0.4, -0.2) is 0 Å². The van der Waals surface area contributed by atoms with Gasteiger partial charge in [-0.2, -0.15) is 15.8 Å². The minimum absolute atomic E-state index is 0.0178. The monoisotopic (exact) mass is 647 g/mol. The maximum atomic E-state index is 14.9. The largest absolute Gasteiger partial charge is 0.262 e. The number of nitriles is 3. The number of rotatable bonds is 3. The summed E-state index contributed by atoms with van der Waals surface area (Å²) in [5.41, 5.74) is -18.0. The van der Waals surface area contributed by atoms with Crippen molar-refractivity contribution in [2.45, 2.75) is 0 Å². The van der Waals surface area contributed by atoms with Crippen molar-refractivity contribution in [2.75, 3.05) is 0 Å². The Kier molecular flexibility index (Phi) is 8.12. The second-order valence-corrected chi connectivity index (χ2v) is 8.62. The predicted octanol–water partition coefficient (Wildman–Crippen LogP) is 8.35. The lowest BCUT2D eigenvalue weighted by atomic mass is 10.00. The third-order valence-corrected chi connectivity index (χ3v) is 6.35. The number of benzene rings is 3. The Morgan fingerprint density at radius 1 is 0.543 bits per heavy atom. The van der Waals surface area contributed by atoms with Crippen molar-refractivity contribution in [1.82, 2.24) is 0 Å². The van der Waals surface area contributed by atoms with Gasteiger partial charge in [0, 0.05) is 5.56 Å². The van der Waals surface area contributed by atoms with E-state index in [0.29, 0.717) is 0 Å². The molecule has 0 unspecified atom stereocenters. The smallest absolute Gasteiger partial charge is 0.237 e. The van der Waals surface area contributed by atoms with E-state index in [-0.39, 0.29) is 6.08 Å². The first kappa shape index (κ1) is 32.4. The molecule has 5 nitrogen and oxygen atoms in total. The molecule has 3 aromatic carbocycles. The molecule has 0 saturated heterocycles. The Morgan fingerprint density at radius 2 is 0.957 bits per heavy atom. The molecule has 0 N–H and O–H groups in total. The maximum Gasteiger partial charge on any atom is 0.262 e. The van der Waals surface area contributed by atoms with E-state index in [0.717, 1.165) is 18.2 Å². The van der Waals surface area contributed by atoms with E-state index in [9.17, 15) is 57.9 Å². The molecule has 226 valence electrons. The number of halogens is 12. The van der Waals surface area contributed by atoms with Crippen LogP contribution in [0.25, 0.3) is 27.0 Å². The zero-order valence-corrected chi connectivity index (χ0v) is 21.3. The lowest BCUT2D eigenvalue weighted by molar-refractivity contribution is 0.446. The van der Waals surface area contributed by atoms with E-state index in [2.05, 4.69) is 9.69 Å². The SMILES string of the molecule is [C-]#[N+]/C(=C1\C(=C/c2c(F)c(F)c([N+]#[C-])c(F)c2F)\C1=C(\C#N)c1c(F)c(F)c(C#N)c(F)c1F)c1c(F)c(F)c(C#N)c(F)c1F. The molecule has 1 aliphatic carbocycles. The van der Waals surface area contributed by atoms with Crippen molar-refractivity contribution in [2.24, 2.45) is 0 Å². The molecule has 0 heterocycles. The minimum atomic E-state index is -2.45. The Labute approximate surface area is 247 Å². The molecule has 0 spiro atoms. The van der Waals surface area contributed by atoms with Crippen LogP contribution in [0.1, 0.15) is 27.8 Å². The number of allylic oxidation sites excluding steroid dienone is 4. The standard InChI is InChI=1S/C29HF12N5/c1-45-28(15-24(38)20(34)11(6-44)21(35)25(15)39)13-7(3-8-16(30)26(40)29(46-2)27(41)17(8)31)12(13)9(4-42)14-22(36)18(32)10(5-43)19(33)23(14)37/h3H/b7-3-,12-9+,28-13+. The summed E-state index contributed by atoms with van der Waals surface area (Å²) in [4.78, 5) is 4.90. The van der Waals surface area contributed by atoms with E-state index < -0.39 is 131 Å². The number of hydrogen-bond donors (Lipinski definition) is 0. The zero-order valence-electron chi connectivity index (χ0n) is 21.3. The van der Waals surface area contributed by atoms with E-state index >= 15 is 0 Å². The first-order chi connectivity index (χ1) is 21.7. The summed E-state index contributed by atoms with van der Waals surface area (Å²) < 4.78 is 176. The summed E-state index contributed by atoms with van der Waals surface area (Å²) in [5, 5.41) is 27.3. The van der Waals surface area contributed by atoms with Crippen LogP contribution in [0, 0.1) is 117 Å². The van der Waals surface area contributed by atoms with Gasteiger partial charge in [-0.25, -0.2) is 62.4 Å². The molecule has 0 amide bonds. The van der Waals surface area contributed by atoms with Crippen LogP contribution in [0.5, 0.6) is 0 Å². The summed E-state index contributed by atoms with van der Waals surface area (Å²) >= 11 is 0. The fraction of sp³-hybridized carbons (Fsp3) is 0. The van der Waals surface area contributed by atoms with Crippen molar-refractivity contribution >= 4 is 23.0 Å². The third-order valence-electron chi connectivity index (χ3n) is 6.35. The Balaban J connectivity index is 2.27. The summed E-state index contributed by atoms with van der Waals surface area (Å²) in [6.07, 6.45) is -0.0178. The molecular weight excluding hydrogens is 646 g/mol. The van der Waals surface area contributed by atoms with E-state index in [1.54, 1.807) is 0 Å². The minimum Gasteiger partial charge on any atom is -0.237 e. The molecule has 0 atom stereocenters. The average molecular weight is 647 g/mol. The van der Waals surface area contributed by atoms with Crippen molar-refractivity contribution in [3.8, 4) is 18.2 Å². The molecular formula is C29HF12N5. The van der Waals surface area contributed by atoms with Gasteiger partial charge in [0.15, 0.2) is 69.8 Å². The topological polar surface area (TPSA) is 80.1 Å². The van der Waals surface area contributed by atoms with Gasteiger partial charge in [0.2, 0.25) is 5.70 Å². The molecule has 0 aromatic heterocycles. The van der Waals surface area contributed by atoms with Crippen molar-refractivity contribution < 1.29 is 52.7 Å². The van der Waals surface area contributed by atoms with Gasteiger partial charge < -0.3 is 0 Å². The summed E-state index contributed by atoms with van der Waals surface area (Å²) in [6, 6.07) is 2.62. The quantitative estimate of drug-likeness (QED) is 0.124. The molecule has 46 heavy (non-hydrogen) atoms. The van der Waals surface area contributed by atoms with Crippen LogP contribution in [0.2, 0.25) is 0 Å². The molecule has 1 fully saturated rings. The van der Waals surface area contributed by atoms with Crippen molar-refractivity contribution in [3.05, 3.63) is 137 Å². The van der Waals surface area contributed by atoms with Crippen molar-refractivity contribution in [3.63, 3.8) is 0 Å². The van der Waals surface area contributed by atoms with Gasteiger partial charge >= 0.3 is 0 Å². The Bertz CT molecular complexity index is 2080. The maximum absolute atomic E-state index is 14.9. The van der Waals surface area contributed by atoms with E-state index in [1.165, 1.54) is 0 Å². The zero-order chi connectivity index (χ0) is 34.5. The van der Waals surface area contributed by atoms with Gasteiger partial charge in [-0.3, -0.25) is 0 Å². The second-order valence-electron chi connectivity index (χ2n) is 8.62. The normalized spacial score (nSPS) is 15.0. The number of nitrogens with zero attached hydrogens (tertiary/aromatic N) is 5. The predicted molar refractivity (Wildman–Crippen MR) is 129 cm³/mol. The molecule has 0 aliphatic heterocycles. The van der Waals surface area contributed by atoms with Gasteiger partial charge in [-0.15, -0.1) is 0 Å². The van der Waals surface area contributed by atoms with Crippen LogP contribution < -0.4 is 0 Å². The van der Waals surface area contributed by atoms with Crippen LogP contribution in [0.3, 0.4) is 0 Å². The summed E-state index contributed by atoms with van der Waals surface area (Å²) in [7, 11) is 0. The molecule has 17 heteroatoms. The van der Waals surface area contributed by atoms with Crippen LogP contribution in [-0.2, 0) is 0 Å². The highest BCUT2D eigenvalue weighted by atomic mass is 19.2. The lowest BCUT2D eigenvalue weighted by Gasteiger charge is -2.08. The summed E-state index contributed by atoms with van der Waals surface area (Å²) in [6.45, 7) is 14.0. The molecule has 3 aromatic rings. The Hall–Kier alpha value is -6.51. The molecule has 1 saturated carbocycles. The van der Waals surface area contributed by atoms with Gasteiger partial charge in [-0.1, -0.05) is 0 Å². The highest BCUT2D eigenvalue weighted by Crippen LogP contribution is 2.55. The van der Waals surface area contributed by atoms with Gasteiger partial charge in [0.25, 0.3) is 5.69 Å². The highest BCUT2D eigenvalue weighted by molar-refractivity contribution is 6.07. The second kappa shape index (κ2) is 11.5. The van der Waals surface area contributed by atoms with Crippen molar-refractivity contribution in [1.29, 1.82) is 15.8 Å². The average Bonchev–Trinajstić information content (AvgIpc) is 3.73. The Morgan fingerprint density at radius 3 is 1.30 bits per heavy atom. The molecule has 1 aliphatic rings. The third kappa shape index (κ3) is 4.49. The van der Waals surface area contributed by atoms with Gasteiger partial charge in [-0.05, 0) is 22.8 Å². The van der Waals surface area contributed by atoms with Crippen LogP contribution in [0.15, 0.2) is 16.7 Å². The number of hydrogen-bond acceptors (Lipinski definition) is 3. The van der Waals surface area contributed by atoms with E-state index in [1.807, 2.05) is 0 Å². The molecule has 0 bridgehead atoms. The molecule has 4 rings (SSSR count). The van der Waals surface area contributed by atoms with Crippen LogP contribution >= 0.6 is 0 Å². The molecule has 0 radical (unpaired) electrons. The highest BCUT2D eigenvalue weighted by Gasteiger charge is 2.43.